The summed E-state index contributed by atoms with van der Waals surface area (Å²) in [6, 6.07) is 11.4. The standard InChI is InChI=1S/C22H20F3N3O3/c23-22(24,25)17-3-1-2-16(13-17)18-4-5-19(31-18)21(29)27-14-15-6-7-26-20(12-15)28-8-10-30-11-9-28/h1-7,12-13H,8-11,14H2,(H,27,29). The smallest absolute Gasteiger partial charge is 0.416 e. The molecule has 0 atom stereocenters. The van der Waals surface area contributed by atoms with E-state index >= 15 is 0 Å². The van der Waals surface area contributed by atoms with Crippen molar-refractivity contribution in [3.63, 3.8) is 0 Å². The van der Waals surface area contributed by atoms with Crippen LogP contribution in [0.3, 0.4) is 0 Å². The van der Waals surface area contributed by atoms with Crippen LogP contribution in [0, 0.1) is 0 Å². The van der Waals surface area contributed by atoms with Gasteiger partial charge in [0.05, 0.1) is 18.8 Å². The van der Waals surface area contributed by atoms with E-state index in [4.69, 9.17) is 9.15 Å². The number of pyridine rings is 1. The van der Waals surface area contributed by atoms with Gasteiger partial charge in [-0.2, -0.15) is 13.2 Å². The Bertz CT molecular complexity index is 1060. The Hall–Kier alpha value is -3.33. The molecule has 0 spiro atoms. The monoisotopic (exact) mass is 431 g/mol. The number of hydrogen-bond donors (Lipinski definition) is 1. The summed E-state index contributed by atoms with van der Waals surface area (Å²) in [6.07, 6.45) is -2.77. The van der Waals surface area contributed by atoms with Crippen molar-refractivity contribution in [2.75, 3.05) is 31.2 Å². The average molecular weight is 431 g/mol. The Morgan fingerprint density at radius 3 is 2.68 bits per heavy atom. The van der Waals surface area contributed by atoms with Crippen LogP contribution in [0.5, 0.6) is 0 Å². The van der Waals surface area contributed by atoms with Gasteiger partial charge >= 0.3 is 6.18 Å². The molecule has 2 aromatic heterocycles. The molecule has 6 nitrogen and oxygen atoms in total. The first-order valence-electron chi connectivity index (χ1n) is 9.73. The van der Waals surface area contributed by atoms with E-state index in [1.807, 2.05) is 6.07 Å². The lowest BCUT2D eigenvalue weighted by molar-refractivity contribution is -0.137. The Kier molecular flexibility index (Phi) is 5.94. The van der Waals surface area contributed by atoms with Gasteiger partial charge in [0.2, 0.25) is 0 Å². The van der Waals surface area contributed by atoms with E-state index in [0.717, 1.165) is 36.6 Å². The zero-order chi connectivity index (χ0) is 21.8. The molecule has 0 bridgehead atoms. The van der Waals surface area contributed by atoms with Gasteiger partial charge in [-0.05, 0) is 42.0 Å². The minimum Gasteiger partial charge on any atom is -0.451 e. The SMILES string of the molecule is O=C(NCc1ccnc(N2CCOCC2)c1)c1ccc(-c2cccc(C(F)(F)F)c2)o1. The summed E-state index contributed by atoms with van der Waals surface area (Å²) in [7, 11) is 0. The summed E-state index contributed by atoms with van der Waals surface area (Å²) in [5.74, 6) is 0.576. The van der Waals surface area contributed by atoms with E-state index in [-0.39, 0.29) is 23.6 Å². The van der Waals surface area contributed by atoms with Crippen molar-refractivity contribution in [3.8, 4) is 11.3 Å². The van der Waals surface area contributed by atoms with E-state index in [2.05, 4.69) is 15.2 Å². The molecular weight excluding hydrogens is 411 g/mol. The number of nitrogens with one attached hydrogen (secondary N) is 1. The zero-order valence-electron chi connectivity index (χ0n) is 16.5. The average Bonchev–Trinajstić information content (AvgIpc) is 3.28. The first-order valence-corrected chi connectivity index (χ1v) is 9.73. The molecule has 9 heteroatoms. The van der Waals surface area contributed by atoms with E-state index < -0.39 is 17.6 Å². The third-order valence-electron chi connectivity index (χ3n) is 4.90. The summed E-state index contributed by atoms with van der Waals surface area (Å²) in [4.78, 5) is 18.9. The maximum atomic E-state index is 12.9. The van der Waals surface area contributed by atoms with Crippen molar-refractivity contribution in [2.24, 2.45) is 0 Å². The van der Waals surface area contributed by atoms with Crippen LogP contribution < -0.4 is 10.2 Å². The Balaban J connectivity index is 1.41. The summed E-state index contributed by atoms with van der Waals surface area (Å²) in [6.45, 7) is 3.07. The molecule has 0 saturated carbocycles. The van der Waals surface area contributed by atoms with Crippen LogP contribution >= 0.6 is 0 Å². The van der Waals surface area contributed by atoms with Gasteiger partial charge in [0.1, 0.15) is 11.6 Å². The van der Waals surface area contributed by atoms with Crippen molar-refractivity contribution in [1.29, 1.82) is 0 Å². The van der Waals surface area contributed by atoms with Crippen LogP contribution in [-0.4, -0.2) is 37.2 Å². The predicted octanol–water partition coefficient (Wildman–Crippen LogP) is 4.13. The second kappa shape index (κ2) is 8.81. The number of hydrogen-bond acceptors (Lipinski definition) is 5. The van der Waals surface area contributed by atoms with E-state index in [1.165, 1.54) is 24.3 Å². The van der Waals surface area contributed by atoms with E-state index in [1.54, 1.807) is 12.3 Å². The van der Waals surface area contributed by atoms with Gasteiger partial charge < -0.3 is 19.4 Å². The van der Waals surface area contributed by atoms with Crippen molar-refractivity contribution >= 4 is 11.7 Å². The number of morpholine rings is 1. The molecule has 1 aromatic carbocycles. The summed E-state index contributed by atoms with van der Waals surface area (Å²) < 4.78 is 49.6. The van der Waals surface area contributed by atoms with Crippen LogP contribution in [-0.2, 0) is 17.5 Å². The largest absolute Gasteiger partial charge is 0.451 e. The maximum absolute atomic E-state index is 12.9. The molecule has 0 unspecified atom stereocenters. The highest BCUT2D eigenvalue weighted by Crippen LogP contribution is 2.32. The number of benzene rings is 1. The van der Waals surface area contributed by atoms with Crippen LogP contribution in [0.2, 0.25) is 0 Å². The molecule has 0 aliphatic carbocycles. The number of aromatic nitrogens is 1. The molecule has 1 aliphatic rings. The van der Waals surface area contributed by atoms with Crippen molar-refractivity contribution in [1.82, 2.24) is 10.3 Å². The Labute approximate surface area is 176 Å². The number of carbonyl (C=O) groups is 1. The maximum Gasteiger partial charge on any atom is 0.416 e. The van der Waals surface area contributed by atoms with Crippen molar-refractivity contribution in [3.05, 3.63) is 71.6 Å². The van der Waals surface area contributed by atoms with Crippen LogP contribution in [0.1, 0.15) is 21.7 Å². The highest BCUT2D eigenvalue weighted by atomic mass is 19.4. The lowest BCUT2D eigenvalue weighted by Gasteiger charge is -2.28. The Morgan fingerprint density at radius 1 is 1.10 bits per heavy atom. The van der Waals surface area contributed by atoms with Gasteiger partial charge in [-0.15, -0.1) is 0 Å². The van der Waals surface area contributed by atoms with Crippen LogP contribution in [0.4, 0.5) is 19.0 Å². The molecule has 31 heavy (non-hydrogen) atoms. The number of ether oxygens (including phenoxy) is 1. The molecule has 4 rings (SSSR count). The highest BCUT2D eigenvalue weighted by Gasteiger charge is 2.30. The number of furan rings is 1. The molecule has 1 N–H and O–H groups in total. The minimum atomic E-state index is -4.45. The number of carbonyl (C=O) groups excluding carboxylic acids is 1. The zero-order valence-corrected chi connectivity index (χ0v) is 16.5. The number of halogens is 3. The molecule has 0 radical (unpaired) electrons. The molecule has 1 saturated heterocycles. The van der Waals surface area contributed by atoms with Gasteiger partial charge in [-0.1, -0.05) is 12.1 Å². The van der Waals surface area contributed by atoms with Crippen molar-refractivity contribution in [2.45, 2.75) is 12.7 Å². The molecule has 3 heterocycles. The summed E-state index contributed by atoms with van der Waals surface area (Å²) in [5.41, 5.74) is 0.342. The molecular formula is C22H20F3N3O3. The summed E-state index contributed by atoms with van der Waals surface area (Å²) in [5, 5.41) is 2.76. The number of rotatable bonds is 5. The topological polar surface area (TPSA) is 67.6 Å². The third-order valence-corrected chi connectivity index (χ3v) is 4.90. The van der Waals surface area contributed by atoms with Gasteiger partial charge in [0, 0.05) is 31.4 Å². The Morgan fingerprint density at radius 2 is 1.90 bits per heavy atom. The van der Waals surface area contributed by atoms with Crippen LogP contribution in [0.25, 0.3) is 11.3 Å². The fourth-order valence-electron chi connectivity index (χ4n) is 3.27. The van der Waals surface area contributed by atoms with Gasteiger partial charge in [-0.3, -0.25) is 4.79 Å². The number of nitrogens with zero attached hydrogens (tertiary/aromatic N) is 2. The van der Waals surface area contributed by atoms with E-state index in [0.29, 0.717) is 13.2 Å². The molecule has 3 aromatic rings. The number of anilines is 1. The van der Waals surface area contributed by atoms with E-state index in [9.17, 15) is 18.0 Å². The predicted molar refractivity (Wildman–Crippen MR) is 108 cm³/mol. The van der Waals surface area contributed by atoms with Crippen LogP contribution in [0.15, 0.2) is 59.1 Å². The molecule has 1 amide bonds. The lowest BCUT2D eigenvalue weighted by Crippen LogP contribution is -2.36. The van der Waals surface area contributed by atoms with Gasteiger partial charge in [-0.25, -0.2) is 4.98 Å². The first kappa shape index (κ1) is 20.9. The fourth-order valence-corrected chi connectivity index (χ4v) is 3.27. The molecule has 1 aliphatic heterocycles. The van der Waals surface area contributed by atoms with Crippen molar-refractivity contribution < 1.29 is 27.1 Å². The third kappa shape index (κ3) is 5.05. The minimum absolute atomic E-state index is 0.0230. The molecule has 162 valence electrons. The normalized spacial score (nSPS) is 14.5. The van der Waals surface area contributed by atoms with Gasteiger partial charge in [0.25, 0.3) is 5.91 Å². The highest BCUT2D eigenvalue weighted by molar-refractivity contribution is 5.92. The molecule has 1 fully saturated rings. The summed E-state index contributed by atoms with van der Waals surface area (Å²) >= 11 is 0. The van der Waals surface area contributed by atoms with Gasteiger partial charge in [0.15, 0.2) is 5.76 Å². The second-order valence-electron chi connectivity index (χ2n) is 7.05. The number of alkyl halides is 3. The lowest BCUT2D eigenvalue weighted by atomic mass is 10.1. The second-order valence-corrected chi connectivity index (χ2v) is 7.05. The first-order chi connectivity index (χ1) is 14.9. The fraction of sp³-hybridized carbons (Fsp3) is 0.273. The number of amides is 1. The quantitative estimate of drug-likeness (QED) is 0.658.